The number of piperidine rings is 1. The lowest BCUT2D eigenvalue weighted by atomic mass is 9.89. The molecule has 9 heteroatoms. The van der Waals surface area contributed by atoms with Gasteiger partial charge in [-0.05, 0) is 64.9 Å². The molecule has 178 valence electrons. The minimum Gasteiger partial charge on any atom is -0.444 e. The van der Waals surface area contributed by atoms with Crippen LogP contribution >= 0.6 is 0 Å². The zero-order chi connectivity index (χ0) is 23.9. The van der Waals surface area contributed by atoms with Gasteiger partial charge in [0.15, 0.2) is 5.65 Å². The van der Waals surface area contributed by atoms with Crippen molar-refractivity contribution in [3.05, 3.63) is 58.2 Å². The molecule has 0 N–H and O–H groups in total. The molecule has 1 fully saturated rings. The molecule has 3 aromatic heterocycles. The number of amides is 1. The van der Waals surface area contributed by atoms with Gasteiger partial charge in [-0.25, -0.2) is 9.78 Å². The Morgan fingerprint density at radius 2 is 1.71 bits per heavy atom. The quantitative estimate of drug-likeness (QED) is 0.573. The average Bonchev–Trinajstić information content (AvgIpc) is 2.82. The SMILES string of the molecule is CC(C)(C)OC(=O)N1CCC(c2cc3nccnc3n(C3CCCc4nccnc43)c2=O)CC1. The number of hydrogen-bond acceptors (Lipinski definition) is 7. The fourth-order valence-corrected chi connectivity index (χ4v) is 5.05. The lowest BCUT2D eigenvalue weighted by Crippen LogP contribution is -2.42. The van der Waals surface area contributed by atoms with Crippen LogP contribution in [0.1, 0.15) is 75.4 Å². The lowest BCUT2D eigenvalue weighted by molar-refractivity contribution is 0.0204. The maximum absolute atomic E-state index is 13.9. The third-order valence-electron chi connectivity index (χ3n) is 6.60. The first-order valence-electron chi connectivity index (χ1n) is 12.0. The number of hydrogen-bond donors (Lipinski definition) is 0. The number of rotatable bonds is 2. The summed E-state index contributed by atoms with van der Waals surface area (Å²) in [6, 6.07) is 1.67. The summed E-state index contributed by atoms with van der Waals surface area (Å²) in [5, 5.41) is 0. The van der Waals surface area contributed by atoms with Gasteiger partial charge in [-0.15, -0.1) is 0 Å². The highest BCUT2D eigenvalue weighted by molar-refractivity contribution is 5.71. The Balaban J connectivity index is 1.50. The van der Waals surface area contributed by atoms with E-state index < -0.39 is 5.60 Å². The molecular formula is C25H30N6O3. The van der Waals surface area contributed by atoms with Crippen LogP contribution in [0.3, 0.4) is 0 Å². The first-order chi connectivity index (χ1) is 16.3. The molecule has 0 aromatic carbocycles. The van der Waals surface area contributed by atoms with Gasteiger partial charge in [-0.2, -0.15) is 0 Å². The number of aromatic nitrogens is 5. The van der Waals surface area contributed by atoms with Gasteiger partial charge in [0.05, 0.1) is 17.4 Å². The molecule has 1 amide bonds. The molecule has 1 unspecified atom stereocenters. The molecule has 1 saturated heterocycles. The van der Waals surface area contributed by atoms with Gasteiger partial charge in [0.25, 0.3) is 5.56 Å². The van der Waals surface area contributed by atoms with Gasteiger partial charge in [-0.3, -0.25) is 24.3 Å². The highest BCUT2D eigenvalue weighted by Gasteiger charge is 2.32. The standard InChI is InChI=1S/C25H30N6O3/c1-25(2,3)34-24(33)30-13-7-16(8-14-30)17-15-19-22(29-12-10-27-19)31(23(17)32)20-6-4-5-18-21(20)28-11-9-26-18/h9-12,15-16,20H,4-8,13-14H2,1-3H3. The van der Waals surface area contributed by atoms with Gasteiger partial charge >= 0.3 is 6.09 Å². The summed E-state index contributed by atoms with van der Waals surface area (Å²) in [6.45, 7) is 6.70. The van der Waals surface area contributed by atoms with E-state index in [4.69, 9.17) is 4.74 Å². The largest absolute Gasteiger partial charge is 0.444 e. The molecule has 2 aliphatic rings. The second-order valence-electron chi connectivity index (χ2n) is 10.1. The second-order valence-corrected chi connectivity index (χ2v) is 10.1. The minimum atomic E-state index is -0.530. The monoisotopic (exact) mass is 462 g/mol. The van der Waals surface area contributed by atoms with Gasteiger partial charge < -0.3 is 9.64 Å². The average molecular weight is 463 g/mol. The van der Waals surface area contributed by atoms with Crippen LogP contribution in [0.25, 0.3) is 11.2 Å². The Hall–Kier alpha value is -3.36. The maximum Gasteiger partial charge on any atom is 0.410 e. The summed E-state index contributed by atoms with van der Waals surface area (Å²) >= 11 is 0. The number of likely N-dealkylation sites (tertiary alicyclic amines) is 1. The van der Waals surface area contributed by atoms with E-state index in [0.29, 0.717) is 37.1 Å². The smallest absolute Gasteiger partial charge is 0.410 e. The number of carbonyl (C=O) groups excluding carboxylic acids is 1. The van der Waals surface area contributed by atoms with Crippen LogP contribution in [0.15, 0.2) is 35.6 Å². The fraction of sp³-hybridized carbons (Fsp3) is 0.520. The summed E-state index contributed by atoms with van der Waals surface area (Å²) in [5.74, 6) is 0.0359. The van der Waals surface area contributed by atoms with Crippen LogP contribution in [0.5, 0.6) is 0 Å². The third kappa shape index (κ3) is 4.26. The molecule has 0 saturated carbocycles. The maximum atomic E-state index is 13.9. The number of carbonyl (C=O) groups is 1. The molecule has 0 radical (unpaired) electrons. The Morgan fingerprint density at radius 3 is 2.47 bits per heavy atom. The molecular weight excluding hydrogens is 432 g/mol. The normalized spacial score (nSPS) is 19.1. The van der Waals surface area contributed by atoms with Crippen molar-refractivity contribution in [2.24, 2.45) is 0 Å². The predicted molar refractivity (Wildman–Crippen MR) is 127 cm³/mol. The molecule has 0 bridgehead atoms. The van der Waals surface area contributed by atoms with E-state index in [9.17, 15) is 9.59 Å². The Kier molecular flexibility index (Phi) is 5.79. The Labute approximate surface area is 198 Å². The van der Waals surface area contributed by atoms with Crippen LogP contribution < -0.4 is 5.56 Å². The molecule has 0 spiro atoms. The van der Waals surface area contributed by atoms with Crippen LogP contribution in [0.4, 0.5) is 4.79 Å². The van der Waals surface area contributed by atoms with Crippen molar-refractivity contribution >= 4 is 17.3 Å². The van der Waals surface area contributed by atoms with Crippen molar-refractivity contribution in [1.29, 1.82) is 0 Å². The molecule has 5 rings (SSSR count). The number of pyridine rings is 1. The topological polar surface area (TPSA) is 103 Å². The van der Waals surface area contributed by atoms with E-state index in [2.05, 4.69) is 19.9 Å². The van der Waals surface area contributed by atoms with E-state index in [1.165, 1.54) is 0 Å². The summed E-state index contributed by atoms with van der Waals surface area (Å²) in [7, 11) is 0. The van der Waals surface area contributed by atoms with Crippen molar-refractivity contribution in [3.8, 4) is 0 Å². The van der Waals surface area contributed by atoms with Gasteiger partial charge in [0.1, 0.15) is 11.1 Å². The van der Waals surface area contributed by atoms with Crippen molar-refractivity contribution in [2.75, 3.05) is 13.1 Å². The predicted octanol–water partition coefficient (Wildman–Crippen LogP) is 3.62. The molecule has 1 aliphatic heterocycles. The molecule has 9 nitrogen and oxygen atoms in total. The minimum absolute atomic E-state index is 0.0359. The van der Waals surface area contributed by atoms with E-state index >= 15 is 0 Å². The first kappa shape index (κ1) is 22.4. The van der Waals surface area contributed by atoms with Crippen LogP contribution in [0.2, 0.25) is 0 Å². The third-order valence-corrected chi connectivity index (χ3v) is 6.60. The Bertz CT molecular complexity index is 1270. The van der Waals surface area contributed by atoms with Crippen LogP contribution in [0, 0.1) is 0 Å². The summed E-state index contributed by atoms with van der Waals surface area (Å²) in [5.41, 5.74) is 3.21. The number of nitrogens with zero attached hydrogens (tertiary/aromatic N) is 6. The first-order valence-corrected chi connectivity index (χ1v) is 12.0. The van der Waals surface area contributed by atoms with Crippen LogP contribution in [-0.4, -0.2) is 54.2 Å². The fourth-order valence-electron chi connectivity index (χ4n) is 5.05. The van der Waals surface area contributed by atoms with Crippen molar-refractivity contribution < 1.29 is 9.53 Å². The molecule has 1 atom stereocenters. The van der Waals surface area contributed by atoms with Crippen molar-refractivity contribution in [3.63, 3.8) is 0 Å². The van der Waals surface area contributed by atoms with Crippen LogP contribution in [-0.2, 0) is 11.2 Å². The summed E-state index contributed by atoms with van der Waals surface area (Å²) < 4.78 is 7.30. The number of ether oxygens (including phenoxy) is 1. The van der Waals surface area contributed by atoms with Gasteiger partial charge in [0, 0.05) is 43.4 Å². The molecule has 34 heavy (non-hydrogen) atoms. The van der Waals surface area contributed by atoms with Crippen molar-refractivity contribution in [1.82, 2.24) is 29.4 Å². The van der Waals surface area contributed by atoms with Gasteiger partial charge in [-0.1, -0.05) is 0 Å². The molecule has 3 aromatic rings. The summed E-state index contributed by atoms with van der Waals surface area (Å²) in [6.07, 6.45) is 10.4. The summed E-state index contributed by atoms with van der Waals surface area (Å²) in [4.78, 5) is 46.3. The van der Waals surface area contributed by atoms with E-state index in [0.717, 1.165) is 36.2 Å². The van der Waals surface area contributed by atoms with Gasteiger partial charge in [0.2, 0.25) is 0 Å². The number of aryl methyl sites for hydroxylation is 1. The highest BCUT2D eigenvalue weighted by Crippen LogP contribution is 2.33. The Morgan fingerprint density at radius 1 is 1.00 bits per heavy atom. The van der Waals surface area contributed by atoms with E-state index in [1.54, 1.807) is 34.3 Å². The second kappa shape index (κ2) is 8.77. The van der Waals surface area contributed by atoms with E-state index in [1.807, 2.05) is 26.8 Å². The zero-order valence-electron chi connectivity index (χ0n) is 19.9. The van der Waals surface area contributed by atoms with E-state index in [-0.39, 0.29) is 23.6 Å². The number of fused-ring (bicyclic) bond motifs is 2. The zero-order valence-corrected chi connectivity index (χ0v) is 19.9. The van der Waals surface area contributed by atoms with Crippen molar-refractivity contribution in [2.45, 2.75) is 70.4 Å². The molecule has 1 aliphatic carbocycles. The molecule has 4 heterocycles. The lowest BCUT2D eigenvalue weighted by Gasteiger charge is -2.34. The highest BCUT2D eigenvalue weighted by atomic mass is 16.6.